The first-order chi connectivity index (χ1) is 7.22. The zero-order chi connectivity index (χ0) is 11.1. The second kappa shape index (κ2) is 6.53. The minimum absolute atomic E-state index is 0.0223. The molecule has 4 nitrogen and oxygen atoms in total. The molecule has 0 aliphatic heterocycles. The zero-order valence-electron chi connectivity index (χ0n) is 9.17. The molecule has 1 amide bonds. The molecule has 0 aliphatic rings. The molecule has 0 spiro atoms. The Hall–Kier alpha value is -0.940. The molecule has 0 fully saturated rings. The van der Waals surface area contributed by atoms with Crippen LogP contribution in [0.3, 0.4) is 0 Å². The number of amides is 1. The predicted molar refractivity (Wildman–Crippen MR) is 61.9 cm³/mol. The fraction of sp³-hybridized carbons (Fsp3) is 0.600. The third-order valence-corrected chi connectivity index (χ3v) is 2.67. The Morgan fingerprint density at radius 1 is 1.60 bits per heavy atom. The standard InChI is InChI=1S/C10H17N3OS/c1-3-4-11-6-10(14)12-5-9-7-15-8(2)13-9/h7,11H,3-6H2,1-2H3,(H,12,14). The topological polar surface area (TPSA) is 54.0 Å². The fourth-order valence-corrected chi connectivity index (χ4v) is 1.73. The molecule has 5 heteroatoms. The average molecular weight is 227 g/mol. The largest absolute Gasteiger partial charge is 0.349 e. The molecule has 0 bridgehead atoms. The van der Waals surface area contributed by atoms with Gasteiger partial charge in [0.25, 0.3) is 0 Å². The minimum atomic E-state index is 0.0223. The monoisotopic (exact) mass is 227 g/mol. The molecule has 0 atom stereocenters. The van der Waals surface area contributed by atoms with Crippen LogP contribution in [0.4, 0.5) is 0 Å². The van der Waals surface area contributed by atoms with Gasteiger partial charge in [0.05, 0.1) is 23.8 Å². The van der Waals surface area contributed by atoms with Crippen LogP contribution < -0.4 is 10.6 Å². The van der Waals surface area contributed by atoms with E-state index in [2.05, 4.69) is 22.5 Å². The van der Waals surface area contributed by atoms with Crippen molar-refractivity contribution >= 4 is 17.2 Å². The lowest BCUT2D eigenvalue weighted by Crippen LogP contribution is -2.33. The number of nitrogens with one attached hydrogen (secondary N) is 2. The van der Waals surface area contributed by atoms with Crippen LogP contribution in [0.1, 0.15) is 24.0 Å². The summed E-state index contributed by atoms with van der Waals surface area (Å²) >= 11 is 1.60. The van der Waals surface area contributed by atoms with E-state index >= 15 is 0 Å². The highest BCUT2D eigenvalue weighted by molar-refractivity contribution is 7.09. The van der Waals surface area contributed by atoms with Gasteiger partial charge in [0.2, 0.25) is 5.91 Å². The number of hydrogen-bond donors (Lipinski definition) is 2. The van der Waals surface area contributed by atoms with Crippen LogP contribution in [0, 0.1) is 6.92 Å². The van der Waals surface area contributed by atoms with Crippen molar-refractivity contribution < 1.29 is 4.79 Å². The summed E-state index contributed by atoms with van der Waals surface area (Å²) in [5.74, 6) is 0.0223. The molecule has 0 unspecified atom stereocenters. The van der Waals surface area contributed by atoms with Gasteiger partial charge in [-0.15, -0.1) is 11.3 Å². The van der Waals surface area contributed by atoms with Crippen molar-refractivity contribution in [1.82, 2.24) is 15.6 Å². The van der Waals surface area contributed by atoms with Crippen molar-refractivity contribution in [3.05, 3.63) is 16.1 Å². The molecule has 84 valence electrons. The van der Waals surface area contributed by atoms with E-state index in [1.165, 1.54) is 0 Å². The second-order valence-corrected chi connectivity index (χ2v) is 4.37. The van der Waals surface area contributed by atoms with Crippen molar-refractivity contribution in [1.29, 1.82) is 0 Å². The van der Waals surface area contributed by atoms with E-state index in [9.17, 15) is 4.79 Å². The molecule has 1 heterocycles. The minimum Gasteiger partial charge on any atom is -0.349 e. The molecule has 15 heavy (non-hydrogen) atoms. The van der Waals surface area contributed by atoms with E-state index in [-0.39, 0.29) is 5.91 Å². The summed E-state index contributed by atoms with van der Waals surface area (Å²) in [6.07, 6.45) is 1.04. The number of hydrogen-bond acceptors (Lipinski definition) is 4. The van der Waals surface area contributed by atoms with Gasteiger partial charge in [0, 0.05) is 5.38 Å². The number of thiazole rings is 1. The van der Waals surface area contributed by atoms with E-state index in [1.807, 2.05) is 12.3 Å². The first-order valence-electron chi connectivity index (χ1n) is 5.10. The normalized spacial score (nSPS) is 10.3. The summed E-state index contributed by atoms with van der Waals surface area (Å²) < 4.78 is 0. The molecule has 2 N–H and O–H groups in total. The molecule has 0 saturated carbocycles. The number of aromatic nitrogens is 1. The highest BCUT2D eigenvalue weighted by Gasteiger charge is 2.02. The van der Waals surface area contributed by atoms with E-state index in [0.29, 0.717) is 13.1 Å². The highest BCUT2D eigenvalue weighted by Crippen LogP contribution is 2.06. The van der Waals surface area contributed by atoms with Crippen molar-refractivity contribution in [2.75, 3.05) is 13.1 Å². The van der Waals surface area contributed by atoms with E-state index in [1.54, 1.807) is 11.3 Å². The summed E-state index contributed by atoms with van der Waals surface area (Å²) in [6.45, 7) is 5.82. The van der Waals surface area contributed by atoms with Crippen molar-refractivity contribution in [3.8, 4) is 0 Å². The SMILES string of the molecule is CCCNCC(=O)NCc1csc(C)n1. The van der Waals surface area contributed by atoms with Gasteiger partial charge in [-0.2, -0.15) is 0 Å². The zero-order valence-corrected chi connectivity index (χ0v) is 9.99. The van der Waals surface area contributed by atoms with Gasteiger partial charge in [-0.1, -0.05) is 6.92 Å². The first kappa shape index (κ1) is 12.1. The van der Waals surface area contributed by atoms with Crippen LogP contribution >= 0.6 is 11.3 Å². The molecule has 1 aromatic rings. The third kappa shape index (κ3) is 4.90. The van der Waals surface area contributed by atoms with E-state index in [0.717, 1.165) is 23.7 Å². The lowest BCUT2D eigenvalue weighted by molar-refractivity contribution is -0.120. The Kier molecular flexibility index (Phi) is 5.28. The summed E-state index contributed by atoms with van der Waals surface area (Å²) in [5, 5.41) is 8.86. The molecular weight excluding hydrogens is 210 g/mol. The quantitative estimate of drug-likeness (QED) is 0.715. The molecule has 0 aromatic carbocycles. The van der Waals surface area contributed by atoms with Crippen LogP contribution in [-0.2, 0) is 11.3 Å². The lowest BCUT2D eigenvalue weighted by atomic mass is 10.4. The van der Waals surface area contributed by atoms with Gasteiger partial charge in [0.15, 0.2) is 0 Å². The number of rotatable bonds is 6. The van der Waals surface area contributed by atoms with E-state index in [4.69, 9.17) is 0 Å². The number of carbonyl (C=O) groups excluding carboxylic acids is 1. The van der Waals surface area contributed by atoms with Gasteiger partial charge in [-0.3, -0.25) is 4.79 Å². The van der Waals surface area contributed by atoms with Crippen molar-refractivity contribution in [3.63, 3.8) is 0 Å². The van der Waals surface area contributed by atoms with Crippen molar-refractivity contribution in [2.24, 2.45) is 0 Å². The van der Waals surface area contributed by atoms with E-state index < -0.39 is 0 Å². The number of nitrogens with zero attached hydrogens (tertiary/aromatic N) is 1. The molecule has 0 radical (unpaired) electrons. The van der Waals surface area contributed by atoms with Gasteiger partial charge >= 0.3 is 0 Å². The molecule has 1 rings (SSSR count). The first-order valence-corrected chi connectivity index (χ1v) is 5.98. The van der Waals surface area contributed by atoms with Gasteiger partial charge in [-0.05, 0) is 19.9 Å². The smallest absolute Gasteiger partial charge is 0.234 e. The average Bonchev–Trinajstić information content (AvgIpc) is 2.62. The lowest BCUT2D eigenvalue weighted by Gasteiger charge is -2.03. The maximum atomic E-state index is 11.3. The molecular formula is C10H17N3OS. The highest BCUT2D eigenvalue weighted by atomic mass is 32.1. The summed E-state index contributed by atoms with van der Waals surface area (Å²) in [7, 11) is 0. The van der Waals surface area contributed by atoms with Crippen LogP contribution in [0.2, 0.25) is 0 Å². The fourth-order valence-electron chi connectivity index (χ4n) is 1.12. The van der Waals surface area contributed by atoms with Crippen LogP contribution in [0.25, 0.3) is 0 Å². The number of carbonyl (C=O) groups is 1. The summed E-state index contributed by atoms with van der Waals surface area (Å²) in [6, 6.07) is 0. The third-order valence-electron chi connectivity index (χ3n) is 1.85. The van der Waals surface area contributed by atoms with Gasteiger partial charge < -0.3 is 10.6 Å². The molecule has 0 aliphatic carbocycles. The summed E-state index contributed by atoms with van der Waals surface area (Å²) in [5.41, 5.74) is 0.932. The van der Waals surface area contributed by atoms with Gasteiger partial charge in [0.1, 0.15) is 0 Å². The van der Waals surface area contributed by atoms with Gasteiger partial charge in [-0.25, -0.2) is 4.98 Å². The maximum Gasteiger partial charge on any atom is 0.234 e. The summed E-state index contributed by atoms with van der Waals surface area (Å²) in [4.78, 5) is 15.6. The Morgan fingerprint density at radius 2 is 2.40 bits per heavy atom. The Labute approximate surface area is 94.1 Å². The molecule has 0 saturated heterocycles. The van der Waals surface area contributed by atoms with Crippen LogP contribution in [-0.4, -0.2) is 24.0 Å². The van der Waals surface area contributed by atoms with Crippen LogP contribution in [0.5, 0.6) is 0 Å². The predicted octanol–water partition coefficient (Wildman–Crippen LogP) is 1.07. The second-order valence-electron chi connectivity index (χ2n) is 3.31. The number of aryl methyl sites for hydroxylation is 1. The van der Waals surface area contributed by atoms with Crippen LogP contribution in [0.15, 0.2) is 5.38 Å². The Morgan fingerprint density at radius 3 is 3.00 bits per heavy atom. The Balaban J connectivity index is 2.16. The maximum absolute atomic E-state index is 11.3. The molecule has 1 aromatic heterocycles. The Bertz CT molecular complexity index is 311. The van der Waals surface area contributed by atoms with Crippen molar-refractivity contribution in [2.45, 2.75) is 26.8 Å².